The van der Waals surface area contributed by atoms with Crippen molar-refractivity contribution in [3.63, 3.8) is 0 Å². The van der Waals surface area contributed by atoms with Gasteiger partial charge in [-0.25, -0.2) is 4.39 Å². The Morgan fingerprint density at radius 2 is 2.10 bits per heavy atom. The van der Waals surface area contributed by atoms with Crippen molar-refractivity contribution < 1.29 is 9.13 Å². The van der Waals surface area contributed by atoms with Gasteiger partial charge in [0.2, 0.25) is 0 Å². The van der Waals surface area contributed by atoms with Crippen LogP contribution in [0.5, 0.6) is 5.75 Å². The number of fused-ring (bicyclic) bond motifs is 1. The largest absolute Gasteiger partial charge is 0.484 e. The average molecular weight is 402 g/mol. The second kappa shape index (κ2) is 5.42. The van der Waals surface area contributed by atoms with E-state index in [1.165, 1.54) is 12.1 Å². The van der Waals surface area contributed by atoms with Crippen molar-refractivity contribution in [3.05, 3.63) is 56.5 Å². The van der Waals surface area contributed by atoms with Crippen LogP contribution in [0.1, 0.15) is 29.8 Å². The van der Waals surface area contributed by atoms with Crippen molar-refractivity contribution in [3.8, 4) is 5.75 Å². The molecule has 1 aromatic heterocycles. The maximum Gasteiger partial charge on any atom is 0.143 e. The fraction of sp³-hybridized carbons (Fsp3) is 0.214. The van der Waals surface area contributed by atoms with E-state index >= 15 is 0 Å². The molecule has 2 N–H and O–H groups in total. The van der Waals surface area contributed by atoms with E-state index in [-0.39, 0.29) is 18.0 Å². The molecule has 6 heteroatoms. The molecular weight excluding hydrogens is 391 g/mol. The zero-order chi connectivity index (χ0) is 14.3. The van der Waals surface area contributed by atoms with Crippen LogP contribution in [0.25, 0.3) is 0 Å². The van der Waals surface area contributed by atoms with Crippen molar-refractivity contribution in [2.75, 3.05) is 0 Å². The fourth-order valence-electron chi connectivity index (χ4n) is 2.30. The Morgan fingerprint density at radius 3 is 2.85 bits per heavy atom. The molecule has 0 aliphatic carbocycles. The first-order valence-electron chi connectivity index (χ1n) is 6.07. The number of aromatic nitrogens is 1. The third-order valence-corrected chi connectivity index (χ3v) is 4.32. The lowest BCUT2D eigenvalue weighted by atomic mass is 9.95. The van der Waals surface area contributed by atoms with Gasteiger partial charge in [-0.3, -0.25) is 4.98 Å². The van der Waals surface area contributed by atoms with Gasteiger partial charge in [0.15, 0.2) is 0 Å². The summed E-state index contributed by atoms with van der Waals surface area (Å²) < 4.78 is 20.9. The summed E-state index contributed by atoms with van der Waals surface area (Å²) in [5.74, 6) is 0.316. The van der Waals surface area contributed by atoms with Gasteiger partial charge >= 0.3 is 0 Å². The Morgan fingerprint density at radius 1 is 1.30 bits per heavy atom. The highest BCUT2D eigenvalue weighted by molar-refractivity contribution is 9.11. The number of ether oxygens (including phenoxy) is 1. The van der Waals surface area contributed by atoms with Crippen LogP contribution < -0.4 is 10.5 Å². The van der Waals surface area contributed by atoms with E-state index in [2.05, 4.69) is 36.8 Å². The molecule has 1 aromatic carbocycles. The van der Waals surface area contributed by atoms with Gasteiger partial charge in [-0.15, -0.1) is 0 Å². The van der Waals surface area contributed by atoms with E-state index in [4.69, 9.17) is 10.5 Å². The third kappa shape index (κ3) is 2.60. The molecule has 104 valence electrons. The minimum absolute atomic E-state index is 0.245. The van der Waals surface area contributed by atoms with E-state index in [0.29, 0.717) is 17.7 Å². The minimum atomic E-state index is -0.302. The van der Waals surface area contributed by atoms with Crippen LogP contribution in [0.2, 0.25) is 0 Å². The lowest BCUT2D eigenvalue weighted by Crippen LogP contribution is -2.25. The maximum atomic E-state index is 13.3. The van der Waals surface area contributed by atoms with Gasteiger partial charge in [0.05, 0.1) is 5.69 Å². The first-order chi connectivity index (χ1) is 9.54. The highest BCUT2D eigenvalue weighted by Crippen LogP contribution is 2.41. The molecule has 2 aromatic rings. The van der Waals surface area contributed by atoms with E-state index in [1.807, 2.05) is 6.07 Å². The molecule has 3 nitrogen and oxygen atoms in total. The number of nitrogens with two attached hydrogens (primary N) is 1. The number of rotatable bonds is 1. The zero-order valence-corrected chi connectivity index (χ0v) is 13.5. The Bertz CT molecular complexity index is 666. The average Bonchev–Trinajstić information content (AvgIpc) is 2.39. The number of halogens is 3. The Labute approximate surface area is 132 Å². The molecule has 0 amide bonds. The molecule has 1 aliphatic heterocycles. The highest BCUT2D eigenvalue weighted by Gasteiger charge is 2.29. The van der Waals surface area contributed by atoms with Gasteiger partial charge in [-0.1, -0.05) is 0 Å². The SMILES string of the molecule is NC1CC(c2ncc(Br)cc2Br)Oc2ccc(F)cc21. The zero-order valence-electron chi connectivity index (χ0n) is 10.3. The van der Waals surface area contributed by atoms with Crippen molar-refractivity contribution >= 4 is 31.9 Å². The molecule has 0 saturated heterocycles. The van der Waals surface area contributed by atoms with Gasteiger partial charge in [0.1, 0.15) is 17.7 Å². The summed E-state index contributed by atoms with van der Waals surface area (Å²) in [5, 5.41) is 0. The molecule has 0 radical (unpaired) electrons. The molecule has 2 heterocycles. The van der Waals surface area contributed by atoms with Gasteiger partial charge in [0, 0.05) is 33.2 Å². The lowest BCUT2D eigenvalue weighted by molar-refractivity contribution is 0.156. The first kappa shape index (κ1) is 14.0. The minimum Gasteiger partial charge on any atom is -0.484 e. The second-order valence-corrected chi connectivity index (χ2v) is 6.42. The Kier molecular flexibility index (Phi) is 3.79. The third-order valence-electron chi connectivity index (χ3n) is 3.25. The normalized spacial score (nSPS) is 21.2. The summed E-state index contributed by atoms with van der Waals surface area (Å²) in [4.78, 5) is 4.38. The Hall–Kier alpha value is -0.980. The van der Waals surface area contributed by atoms with Crippen LogP contribution in [0.4, 0.5) is 4.39 Å². The molecule has 0 bridgehead atoms. The standard InChI is InChI=1S/C14H11Br2FN2O/c15-7-3-10(16)14(19-6-7)13-5-11(18)9-4-8(17)1-2-12(9)20-13/h1-4,6,11,13H,5,18H2. The van der Waals surface area contributed by atoms with Gasteiger partial charge in [0.25, 0.3) is 0 Å². The van der Waals surface area contributed by atoms with Gasteiger partial charge < -0.3 is 10.5 Å². The number of nitrogens with zero attached hydrogens (tertiary/aromatic N) is 1. The van der Waals surface area contributed by atoms with E-state index in [1.54, 1.807) is 12.3 Å². The molecule has 0 fully saturated rings. The number of hydrogen-bond acceptors (Lipinski definition) is 3. The molecule has 1 aliphatic rings. The highest BCUT2D eigenvalue weighted by atomic mass is 79.9. The van der Waals surface area contributed by atoms with Crippen LogP contribution in [0.3, 0.4) is 0 Å². The molecular formula is C14H11Br2FN2O. The van der Waals surface area contributed by atoms with Crippen LogP contribution in [-0.2, 0) is 0 Å². The second-order valence-electron chi connectivity index (χ2n) is 4.65. The number of benzene rings is 1. The topological polar surface area (TPSA) is 48.1 Å². The molecule has 0 saturated carbocycles. The van der Waals surface area contributed by atoms with Crippen molar-refractivity contribution in [2.24, 2.45) is 5.73 Å². The van der Waals surface area contributed by atoms with Crippen LogP contribution in [0.15, 0.2) is 39.4 Å². The fourth-order valence-corrected chi connectivity index (χ4v) is 3.55. The van der Waals surface area contributed by atoms with Crippen molar-refractivity contribution in [1.82, 2.24) is 4.98 Å². The van der Waals surface area contributed by atoms with Crippen LogP contribution in [-0.4, -0.2) is 4.98 Å². The van der Waals surface area contributed by atoms with Crippen molar-refractivity contribution in [1.29, 1.82) is 0 Å². The predicted octanol–water partition coefficient (Wildman–Crippen LogP) is 4.27. The predicted molar refractivity (Wildman–Crippen MR) is 81.0 cm³/mol. The van der Waals surface area contributed by atoms with Gasteiger partial charge in [-0.05, 0) is 56.1 Å². The summed E-state index contributed by atoms with van der Waals surface area (Å²) in [5.41, 5.74) is 7.62. The summed E-state index contributed by atoms with van der Waals surface area (Å²) in [6.45, 7) is 0. The summed E-state index contributed by atoms with van der Waals surface area (Å²) in [6, 6.07) is 6.07. The molecule has 20 heavy (non-hydrogen) atoms. The maximum absolute atomic E-state index is 13.3. The smallest absolute Gasteiger partial charge is 0.143 e. The van der Waals surface area contributed by atoms with E-state index < -0.39 is 0 Å². The monoisotopic (exact) mass is 400 g/mol. The molecule has 2 atom stereocenters. The van der Waals surface area contributed by atoms with Crippen LogP contribution >= 0.6 is 31.9 Å². The van der Waals surface area contributed by atoms with Crippen LogP contribution in [0, 0.1) is 5.82 Å². The van der Waals surface area contributed by atoms with E-state index in [0.717, 1.165) is 14.6 Å². The molecule has 2 unspecified atom stereocenters. The Balaban J connectivity index is 1.97. The number of hydrogen-bond donors (Lipinski definition) is 1. The molecule has 0 spiro atoms. The molecule has 3 rings (SSSR count). The van der Waals surface area contributed by atoms with E-state index in [9.17, 15) is 4.39 Å². The quantitative estimate of drug-likeness (QED) is 0.776. The van der Waals surface area contributed by atoms with Gasteiger partial charge in [-0.2, -0.15) is 0 Å². The lowest BCUT2D eigenvalue weighted by Gasteiger charge is -2.30. The summed E-state index contributed by atoms with van der Waals surface area (Å²) in [6.07, 6.45) is 2.03. The first-order valence-corrected chi connectivity index (χ1v) is 7.66. The summed E-state index contributed by atoms with van der Waals surface area (Å²) >= 11 is 6.85. The summed E-state index contributed by atoms with van der Waals surface area (Å²) in [7, 11) is 0. The van der Waals surface area contributed by atoms with Crippen molar-refractivity contribution in [2.45, 2.75) is 18.6 Å². The number of pyridine rings is 1.